The van der Waals surface area contributed by atoms with Crippen LogP contribution in [0.1, 0.15) is 5.76 Å². The van der Waals surface area contributed by atoms with Gasteiger partial charge in [0.15, 0.2) is 0 Å². The predicted octanol–water partition coefficient (Wildman–Crippen LogP) is 3.39. The Labute approximate surface area is 141 Å². The lowest BCUT2D eigenvalue weighted by Gasteiger charge is -2.01. The molecule has 0 aliphatic heterocycles. The number of benzene rings is 1. The minimum atomic E-state index is -0.145. The molecular formula is C15H12ClN3O3S. The number of amides is 1. The molecule has 118 valence electrons. The summed E-state index contributed by atoms with van der Waals surface area (Å²) in [5, 5.41) is 11.5. The van der Waals surface area contributed by atoms with E-state index in [2.05, 4.69) is 15.5 Å². The first-order valence-electron chi connectivity index (χ1n) is 6.72. The van der Waals surface area contributed by atoms with Gasteiger partial charge in [-0.2, -0.15) is 0 Å². The van der Waals surface area contributed by atoms with Crippen molar-refractivity contribution in [1.29, 1.82) is 0 Å². The first-order valence-corrected chi connectivity index (χ1v) is 8.08. The van der Waals surface area contributed by atoms with E-state index in [1.54, 1.807) is 36.6 Å². The normalized spacial score (nSPS) is 10.7. The van der Waals surface area contributed by atoms with Crippen molar-refractivity contribution >= 4 is 29.3 Å². The van der Waals surface area contributed by atoms with E-state index in [4.69, 9.17) is 20.4 Å². The van der Waals surface area contributed by atoms with Gasteiger partial charge in [-0.1, -0.05) is 29.4 Å². The minimum absolute atomic E-state index is 0.145. The van der Waals surface area contributed by atoms with Crippen LogP contribution in [0.5, 0.6) is 0 Å². The average Bonchev–Trinajstić information content (AvgIpc) is 3.22. The maximum atomic E-state index is 11.8. The molecule has 1 amide bonds. The van der Waals surface area contributed by atoms with Crippen molar-refractivity contribution in [3.8, 4) is 11.5 Å². The van der Waals surface area contributed by atoms with E-state index in [1.165, 1.54) is 11.8 Å². The Morgan fingerprint density at radius 2 is 2.17 bits per heavy atom. The molecule has 0 atom stereocenters. The third-order valence-corrected chi connectivity index (χ3v) is 3.90. The van der Waals surface area contributed by atoms with Crippen LogP contribution in [-0.2, 0) is 11.3 Å². The number of hydrogen-bond donors (Lipinski definition) is 1. The summed E-state index contributed by atoms with van der Waals surface area (Å²) in [7, 11) is 0. The molecule has 3 aromatic rings. The van der Waals surface area contributed by atoms with E-state index in [0.717, 1.165) is 5.56 Å². The van der Waals surface area contributed by atoms with Gasteiger partial charge in [0.2, 0.25) is 11.8 Å². The summed E-state index contributed by atoms with van der Waals surface area (Å²) >= 11 is 7.10. The SMILES string of the molecule is O=C(CSc1nnc(-c2cccc(Cl)c2)o1)NCc1ccco1. The number of aromatic nitrogens is 2. The maximum Gasteiger partial charge on any atom is 0.277 e. The second kappa shape index (κ2) is 7.34. The fourth-order valence-corrected chi connectivity index (χ4v) is 2.57. The number of nitrogens with zero attached hydrogens (tertiary/aromatic N) is 2. The minimum Gasteiger partial charge on any atom is -0.467 e. The highest BCUT2D eigenvalue weighted by atomic mass is 35.5. The Morgan fingerprint density at radius 3 is 2.96 bits per heavy atom. The number of furan rings is 1. The topological polar surface area (TPSA) is 81.2 Å². The van der Waals surface area contributed by atoms with Crippen molar-refractivity contribution in [2.24, 2.45) is 0 Å². The quantitative estimate of drug-likeness (QED) is 0.687. The summed E-state index contributed by atoms with van der Waals surface area (Å²) in [6, 6.07) is 10.7. The second-order valence-corrected chi connectivity index (χ2v) is 5.89. The standard InChI is InChI=1S/C15H12ClN3O3S/c16-11-4-1-3-10(7-11)14-18-19-15(22-14)23-9-13(20)17-8-12-5-2-6-21-12/h1-7H,8-9H2,(H,17,20). The van der Waals surface area contributed by atoms with Gasteiger partial charge < -0.3 is 14.2 Å². The summed E-state index contributed by atoms with van der Waals surface area (Å²) in [4.78, 5) is 11.8. The number of carbonyl (C=O) groups is 1. The van der Waals surface area contributed by atoms with E-state index < -0.39 is 0 Å². The van der Waals surface area contributed by atoms with Gasteiger partial charge in [0.05, 0.1) is 18.6 Å². The van der Waals surface area contributed by atoms with Crippen LogP contribution in [0.3, 0.4) is 0 Å². The Kier molecular flexibility index (Phi) is 4.99. The van der Waals surface area contributed by atoms with Gasteiger partial charge >= 0.3 is 0 Å². The molecule has 1 N–H and O–H groups in total. The molecule has 0 spiro atoms. The monoisotopic (exact) mass is 349 g/mol. The van der Waals surface area contributed by atoms with Gasteiger partial charge in [0.1, 0.15) is 5.76 Å². The number of halogens is 1. The highest BCUT2D eigenvalue weighted by Crippen LogP contribution is 2.24. The molecule has 0 radical (unpaired) electrons. The zero-order valence-electron chi connectivity index (χ0n) is 11.9. The van der Waals surface area contributed by atoms with Crippen molar-refractivity contribution in [2.45, 2.75) is 11.8 Å². The lowest BCUT2D eigenvalue weighted by molar-refractivity contribution is -0.118. The first kappa shape index (κ1) is 15.6. The summed E-state index contributed by atoms with van der Waals surface area (Å²) < 4.78 is 10.6. The Morgan fingerprint density at radius 1 is 1.26 bits per heavy atom. The lowest BCUT2D eigenvalue weighted by Crippen LogP contribution is -2.24. The maximum absolute atomic E-state index is 11.8. The molecule has 6 nitrogen and oxygen atoms in total. The van der Waals surface area contributed by atoms with Gasteiger partial charge in [-0.15, -0.1) is 10.2 Å². The fraction of sp³-hybridized carbons (Fsp3) is 0.133. The van der Waals surface area contributed by atoms with E-state index in [1.807, 2.05) is 6.07 Å². The zero-order valence-corrected chi connectivity index (χ0v) is 13.4. The van der Waals surface area contributed by atoms with E-state index in [9.17, 15) is 4.79 Å². The second-order valence-electron chi connectivity index (χ2n) is 4.53. The van der Waals surface area contributed by atoms with Crippen LogP contribution in [0.15, 0.2) is 56.7 Å². The summed E-state index contributed by atoms with van der Waals surface area (Å²) in [5.41, 5.74) is 0.735. The zero-order chi connectivity index (χ0) is 16.1. The summed E-state index contributed by atoms with van der Waals surface area (Å²) in [6.07, 6.45) is 1.56. The largest absolute Gasteiger partial charge is 0.467 e. The number of thioether (sulfide) groups is 1. The van der Waals surface area contributed by atoms with E-state index >= 15 is 0 Å². The van der Waals surface area contributed by atoms with Crippen molar-refractivity contribution < 1.29 is 13.6 Å². The van der Waals surface area contributed by atoms with Crippen LogP contribution in [0.4, 0.5) is 0 Å². The fourth-order valence-electron chi connectivity index (χ4n) is 1.78. The predicted molar refractivity (Wildman–Crippen MR) is 86.0 cm³/mol. The molecule has 2 heterocycles. The summed E-state index contributed by atoms with van der Waals surface area (Å²) in [5.74, 6) is 1.10. The van der Waals surface area contributed by atoms with Gasteiger partial charge in [-0.3, -0.25) is 4.79 Å². The molecule has 0 fully saturated rings. The molecule has 0 saturated heterocycles. The van der Waals surface area contributed by atoms with Gasteiger partial charge in [-0.05, 0) is 30.3 Å². The molecule has 0 bridgehead atoms. The van der Waals surface area contributed by atoms with Crippen LogP contribution < -0.4 is 5.32 Å². The molecule has 0 saturated carbocycles. The van der Waals surface area contributed by atoms with Crippen LogP contribution in [-0.4, -0.2) is 21.9 Å². The Hall–Kier alpha value is -2.25. The molecule has 8 heteroatoms. The number of hydrogen-bond acceptors (Lipinski definition) is 6. The van der Waals surface area contributed by atoms with Crippen molar-refractivity contribution in [3.05, 3.63) is 53.4 Å². The van der Waals surface area contributed by atoms with Crippen molar-refractivity contribution in [2.75, 3.05) is 5.75 Å². The number of nitrogens with one attached hydrogen (secondary N) is 1. The van der Waals surface area contributed by atoms with Crippen LogP contribution in [0, 0.1) is 0 Å². The van der Waals surface area contributed by atoms with Crippen molar-refractivity contribution in [3.63, 3.8) is 0 Å². The van der Waals surface area contributed by atoms with Gasteiger partial charge in [0, 0.05) is 10.6 Å². The number of rotatable bonds is 6. The lowest BCUT2D eigenvalue weighted by atomic mass is 10.2. The van der Waals surface area contributed by atoms with E-state index in [0.29, 0.717) is 28.4 Å². The molecule has 23 heavy (non-hydrogen) atoms. The molecule has 0 aliphatic rings. The molecule has 3 rings (SSSR count). The number of carbonyl (C=O) groups excluding carboxylic acids is 1. The van der Waals surface area contributed by atoms with Gasteiger partial charge in [0.25, 0.3) is 5.22 Å². The van der Waals surface area contributed by atoms with Gasteiger partial charge in [-0.25, -0.2) is 0 Å². The first-order chi connectivity index (χ1) is 11.2. The third-order valence-electron chi connectivity index (χ3n) is 2.84. The summed E-state index contributed by atoms with van der Waals surface area (Å²) in [6.45, 7) is 0.351. The van der Waals surface area contributed by atoms with Crippen LogP contribution >= 0.6 is 23.4 Å². The highest BCUT2D eigenvalue weighted by molar-refractivity contribution is 7.99. The van der Waals surface area contributed by atoms with Crippen LogP contribution in [0.2, 0.25) is 5.02 Å². The highest BCUT2D eigenvalue weighted by Gasteiger charge is 2.11. The van der Waals surface area contributed by atoms with Crippen LogP contribution in [0.25, 0.3) is 11.5 Å². The molecular weight excluding hydrogens is 338 g/mol. The third kappa shape index (κ3) is 4.37. The molecule has 0 unspecified atom stereocenters. The van der Waals surface area contributed by atoms with Crippen molar-refractivity contribution in [1.82, 2.24) is 15.5 Å². The average molecular weight is 350 g/mol. The van der Waals surface area contributed by atoms with E-state index in [-0.39, 0.29) is 11.7 Å². The Balaban J connectivity index is 1.52. The molecule has 2 aromatic heterocycles. The molecule has 1 aromatic carbocycles. The molecule has 0 aliphatic carbocycles. The Bertz CT molecular complexity index is 789. The smallest absolute Gasteiger partial charge is 0.277 e.